The molecule has 102 valence electrons. The van der Waals surface area contributed by atoms with Gasteiger partial charge < -0.3 is 9.72 Å². The highest BCUT2D eigenvalue weighted by atomic mass is 32.2. The van der Waals surface area contributed by atoms with Gasteiger partial charge in [-0.2, -0.15) is 0 Å². The minimum absolute atomic E-state index is 0.258. The summed E-state index contributed by atoms with van der Waals surface area (Å²) in [5.41, 5.74) is 0.810. The van der Waals surface area contributed by atoms with Crippen molar-refractivity contribution in [1.29, 1.82) is 0 Å². The minimum Gasteiger partial charge on any atom is -0.379 e. The number of hydrogen-bond donors (Lipinski definition) is 2. The Bertz CT molecular complexity index is 674. The molecule has 1 aliphatic rings. The molecular weight excluding hydrogens is 266 g/mol. The number of nitrogens with zero attached hydrogens (tertiary/aromatic N) is 1. The average Bonchev–Trinajstić information content (AvgIpc) is 2.86. The Kier molecular flexibility index (Phi) is 3.28. The molecule has 0 bridgehead atoms. The number of ether oxygens (including phenoxy) is 1. The van der Waals surface area contributed by atoms with E-state index in [4.69, 9.17) is 4.74 Å². The Morgan fingerprint density at radius 1 is 1.21 bits per heavy atom. The number of H-pyrrole nitrogens is 1. The van der Waals surface area contributed by atoms with Gasteiger partial charge >= 0.3 is 0 Å². The van der Waals surface area contributed by atoms with Crippen molar-refractivity contribution in [3.63, 3.8) is 0 Å². The third-order valence-corrected chi connectivity index (χ3v) is 4.47. The van der Waals surface area contributed by atoms with Crippen molar-refractivity contribution >= 4 is 20.9 Å². The Morgan fingerprint density at radius 3 is 2.79 bits per heavy atom. The minimum atomic E-state index is -3.53. The zero-order chi connectivity index (χ0) is 13.3. The van der Waals surface area contributed by atoms with Crippen molar-refractivity contribution in [2.45, 2.75) is 4.90 Å². The van der Waals surface area contributed by atoms with Gasteiger partial charge in [0.2, 0.25) is 0 Å². The summed E-state index contributed by atoms with van der Waals surface area (Å²) in [4.78, 5) is 5.85. The fraction of sp³-hybridized carbons (Fsp3) is 0.333. The van der Waals surface area contributed by atoms with E-state index < -0.39 is 10.0 Å². The number of hydrogen-bond acceptors (Lipinski definition) is 4. The molecule has 2 N–H and O–H groups in total. The van der Waals surface area contributed by atoms with Crippen LogP contribution in [0.5, 0.6) is 0 Å². The molecule has 0 aliphatic carbocycles. The Hall–Kier alpha value is -1.41. The number of aromatic amines is 1. The monoisotopic (exact) mass is 281 g/mol. The van der Waals surface area contributed by atoms with E-state index in [2.05, 4.69) is 9.82 Å². The number of sulfonamides is 1. The van der Waals surface area contributed by atoms with Crippen molar-refractivity contribution < 1.29 is 13.2 Å². The molecule has 1 saturated heterocycles. The predicted molar refractivity (Wildman–Crippen MR) is 71.0 cm³/mol. The van der Waals surface area contributed by atoms with Crippen LogP contribution in [0.3, 0.4) is 0 Å². The maximum absolute atomic E-state index is 12.3. The zero-order valence-corrected chi connectivity index (χ0v) is 11.1. The summed E-state index contributed by atoms with van der Waals surface area (Å²) in [7, 11) is -3.53. The van der Waals surface area contributed by atoms with Gasteiger partial charge in [0, 0.05) is 24.8 Å². The van der Waals surface area contributed by atoms with E-state index in [9.17, 15) is 8.42 Å². The van der Waals surface area contributed by atoms with E-state index in [0.29, 0.717) is 26.3 Å². The van der Waals surface area contributed by atoms with Crippen LogP contribution in [-0.2, 0) is 14.8 Å². The number of rotatable bonds is 3. The van der Waals surface area contributed by atoms with Crippen LogP contribution in [0, 0.1) is 0 Å². The van der Waals surface area contributed by atoms with Crippen LogP contribution in [0.15, 0.2) is 35.4 Å². The molecule has 1 fully saturated rings. The maximum atomic E-state index is 12.3. The molecule has 1 aromatic carbocycles. The summed E-state index contributed by atoms with van der Waals surface area (Å²) in [6, 6.07) is 6.94. The lowest BCUT2D eigenvalue weighted by atomic mass is 10.2. The number of nitrogens with one attached hydrogen (secondary N) is 2. The smallest absolute Gasteiger partial charge is 0.253 e. The molecule has 1 aromatic heterocycles. The maximum Gasteiger partial charge on any atom is 0.253 e. The van der Waals surface area contributed by atoms with E-state index >= 15 is 0 Å². The number of aromatic nitrogens is 1. The standard InChI is InChI=1S/C12H15N3O3S/c16-19(17,14-15-5-7-18-8-6-15)11-2-1-10-3-4-13-12(10)9-11/h1-4,9,13-14H,5-8H2. The van der Waals surface area contributed by atoms with Gasteiger partial charge in [-0.25, -0.2) is 13.4 Å². The molecule has 0 atom stereocenters. The van der Waals surface area contributed by atoms with Gasteiger partial charge in [-0.3, -0.25) is 0 Å². The van der Waals surface area contributed by atoms with Crippen molar-refractivity contribution in [1.82, 2.24) is 14.8 Å². The molecule has 0 radical (unpaired) electrons. The van der Waals surface area contributed by atoms with E-state index in [1.165, 1.54) is 0 Å². The first-order valence-corrected chi connectivity index (χ1v) is 7.56. The van der Waals surface area contributed by atoms with Gasteiger partial charge in [-0.1, -0.05) is 6.07 Å². The number of morpholine rings is 1. The Morgan fingerprint density at radius 2 is 2.00 bits per heavy atom. The van der Waals surface area contributed by atoms with Gasteiger partial charge in [0.15, 0.2) is 0 Å². The molecular formula is C12H15N3O3S. The third-order valence-electron chi connectivity index (χ3n) is 3.10. The normalized spacial score (nSPS) is 17.9. The lowest BCUT2D eigenvalue weighted by Gasteiger charge is -2.26. The molecule has 1 aliphatic heterocycles. The first-order valence-electron chi connectivity index (χ1n) is 6.07. The number of fused-ring (bicyclic) bond motifs is 1. The second-order valence-corrected chi connectivity index (χ2v) is 6.08. The second kappa shape index (κ2) is 4.93. The van der Waals surface area contributed by atoms with Gasteiger partial charge in [0.05, 0.1) is 18.1 Å². The zero-order valence-electron chi connectivity index (χ0n) is 10.3. The van der Waals surface area contributed by atoms with Crippen molar-refractivity contribution in [3.8, 4) is 0 Å². The first-order chi connectivity index (χ1) is 9.15. The molecule has 0 saturated carbocycles. The molecule has 0 amide bonds. The predicted octanol–water partition coefficient (Wildman–Crippen LogP) is 0.693. The Balaban J connectivity index is 1.85. The summed E-state index contributed by atoms with van der Waals surface area (Å²) < 4.78 is 29.7. The fourth-order valence-corrected chi connectivity index (χ4v) is 3.22. The van der Waals surface area contributed by atoms with Crippen molar-refractivity contribution in [2.24, 2.45) is 0 Å². The molecule has 0 spiro atoms. The highest BCUT2D eigenvalue weighted by Gasteiger charge is 2.20. The molecule has 7 heteroatoms. The summed E-state index contributed by atoms with van der Waals surface area (Å²) >= 11 is 0. The average molecular weight is 281 g/mol. The van der Waals surface area contributed by atoms with Gasteiger partial charge in [0.1, 0.15) is 0 Å². The summed E-state index contributed by atoms with van der Waals surface area (Å²) in [6.45, 7) is 2.20. The van der Waals surface area contributed by atoms with E-state index in [0.717, 1.165) is 10.9 Å². The molecule has 19 heavy (non-hydrogen) atoms. The molecule has 2 heterocycles. The summed E-state index contributed by atoms with van der Waals surface area (Å²) in [6.07, 6.45) is 1.79. The third kappa shape index (κ3) is 2.64. The van der Waals surface area contributed by atoms with Crippen LogP contribution >= 0.6 is 0 Å². The van der Waals surface area contributed by atoms with Crippen molar-refractivity contribution in [3.05, 3.63) is 30.5 Å². The second-order valence-electron chi connectivity index (χ2n) is 4.42. The van der Waals surface area contributed by atoms with Crippen LogP contribution < -0.4 is 4.83 Å². The summed E-state index contributed by atoms with van der Waals surface area (Å²) in [5, 5.41) is 2.66. The largest absolute Gasteiger partial charge is 0.379 e. The highest BCUT2D eigenvalue weighted by molar-refractivity contribution is 7.89. The van der Waals surface area contributed by atoms with Crippen LogP contribution in [0.25, 0.3) is 10.9 Å². The van der Waals surface area contributed by atoms with Gasteiger partial charge in [-0.05, 0) is 23.6 Å². The quantitative estimate of drug-likeness (QED) is 0.868. The van der Waals surface area contributed by atoms with E-state index in [1.54, 1.807) is 29.4 Å². The Labute approximate surface area is 111 Å². The molecule has 3 rings (SSSR count). The molecule has 2 aromatic rings. The van der Waals surface area contributed by atoms with Gasteiger partial charge in [0.25, 0.3) is 10.0 Å². The number of benzene rings is 1. The highest BCUT2D eigenvalue weighted by Crippen LogP contribution is 2.17. The van der Waals surface area contributed by atoms with Gasteiger partial charge in [-0.15, -0.1) is 4.83 Å². The lowest BCUT2D eigenvalue weighted by molar-refractivity contribution is 0.0272. The van der Waals surface area contributed by atoms with Crippen LogP contribution in [0.2, 0.25) is 0 Å². The van der Waals surface area contributed by atoms with Crippen LogP contribution in [0.1, 0.15) is 0 Å². The SMILES string of the molecule is O=S(=O)(NN1CCOCC1)c1ccc2cc[nH]c2c1. The topological polar surface area (TPSA) is 74.4 Å². The van der Waals surface area contributed by atoms with Crippen LogP contribution in [0.4, 0.5) is 0 Å². The number of hydrazine groups is 1. The molecule has 0 unspecified atom stereocenters. The van der Waals surface area contributed by atoms with E-state index in [-0.39, 0.29) is 4.90 Å². The van der Waals surface area contributed by atoms with Crippen molar-refractivity contribution in [2.75, 3.05) is 26.3 Å². The van der Waals surface area contributed by atoms with E-state index in [1.807, 2.05) is 6.07 Å². The molecule has 6 nitrogen and oxygen atoms in total. The fourth-order valence-electron chi connectivity index (χ4n) is 2.07. The summed E-state index contributed by atoms with van der Waals surface area (Å²) in [5.74, 6) is 0. The van der Waals surface area contributed by atoms with Crippen LogP contribution in [-0.4, -0.2) is 44.7 Å². The first kappa shape index (κ1) is 12.6. The lowest BCUT2D eigenvalue weighted by Crippen LogP contribution is -2.48.